The smallest absolute Gasteiger partial charge is 0.317 e. The highest BCUT2D eigenvalue weighted by Gasteiger charge is 2.25. The summed E-state index contributed by atoms with van der Waals surface area (Å²) in [6.07, 6.45) is 2.41. The van der Waals surface area contributed by atoms with E-state index < -0.39 is 5.97 Å². The molecule has 0 bridgehead atoms. The Morgan fingerprint density at radius 1 is 1.47 bits per heavy atom. The van der Waals surface area contributed by atoms with Crippen molar-refractivity contribution in [3.05, 3.63) is 0 Å². The number of carboxylic acid groups (broad SMARTS) is 1. The molecule has 2 unspecified atom stereocenters. The molecule has 1 heterocycles. The number of carboxylic acids is 1. The molecule has 0 radical (unpaired) electrons. The van der Waals surface area contributed by atoms with Crippen LogP contribution in [0, 0.1) is 11.8 Å². The van der Waals surface area contributed by atoms with Gasteiger partial charge in [0, 0.05) is 32.7 Å². The molecule has 1 saturated heterocycles. The number of carbonyl (C=O) groups excluding carboxylic acids is 1. The van der Waals surface area contributed by atoms with Crippen molar-refractivity contribution in [2.45, 2.75) is 32.6 Å². The number of aliphatic hydroxyl groups is 1. The lowest BCUT2D eigenvalue weighted by molar-refractivity contribution is -0.137. The van der Waals surface area contributed by atoms with Gasteiger partial charge < -0.3 is 20.4 Å². The molecule has 1 aliphatic heterocycles. The van der Waals surface area contributed by atoms with Gasteiger partial charge in [0.1, 0.15) is 0 Å². The van der Waals surface area contributed by atoms with Crippen molar-refractivity contribution in [2.24, 2.45) is 11.8 Å². The molecule has 1 fully saturated rings. The summed E-state index contributed by atoms with van der Waals surface area (Å²) in [5.41, 5.74) is 0. The van der Waals surface area contributed by atoms with Crippen LogP contribution in [0.25, 0.3) is 0 Å². The minimum Gasteiger partial charge on any atom is -0.481 e. The van der Waals surface area contributed by atoms with E-state index in [9.17, 15) is 9.59 Å². The van der Waals surface area contributed by atoms with Crippen LogP contribution in [-0.2, 0) is 4.79 Å². The lowest BCUT2D eigenvalue weighted by Crippen LogP contribution is -2.40. The molecule has 1 aliphatic rings. The van der Waals surface area contributed by atoms with Gasteiger partial charge in [0.15, 0.2) is 0 Å². The summed E-state index contributed by atoms with van der Waals surface area (Å²) < 4.78 is 0. The number of rotatable bonds is 7. The van der Waals surface area contributed by atoms with Gasteiger partial charge in [0.05, 0.1) is 0 Å². The molecule has 6 heteroatoms. The topological polar surface area (TPSA) is 89.9 Å². The average Bonchev–Trinajstić information content (AvgIpc) is 2.82. The Hall–Kier alpha value is -1.30. The van der Waals surface area contributed by atoms with E-state index in [1.807, 2.05) is 6.92 Å². The van der Waals surface area contributed by atoms with Gasteiger partial charge in [-0.25, -0.2) is 4.79 Å². The zero-order chi connectivity index (χ0) is 14.3. The zero-order valence-electron chi connectivity index (χ0n) is 11.5. The lowest BCUT2D eigenvalue weighted by Gasteiger charge is -2.19. The molecule has 6 nitrogen and oxygen atoms in total. The number of carbonyl (C=O) groups is 2. The van der Waals surface area contributed by atoms with Gasteiger partial charge in [-0.3, -0.25) is 4.79 Å². The summed E-state index contributed by atoms with van der Waals surface area (Å²) in [6.45, 7) is 4.05. The van der Waals surface area contributed by atoms with Crippen molar-refractivity contribution in [1.29, 1.82) is 0 Å². The number of aliphatic carboxylic acids is 1. The van der Waals surface area contributed by atoms with Crippen LogP contribution in [0.15, 0.2) is 0 Å². The van der Waals surface area contributed by atoms with E-state index in [1.54, 1.807) is 4.90 Å². The van der Waals surface area contributed by atoms with E-state index in [-0.39, 0.29) is 25.0 Å². The van der Waals surface area contributed by atoms with Crippen LogP contribution in [0.2, 0.25) is 0 Å². The van der Waals surface area contributed by atoms with Crippen molar-refractivity contribution in [1.82, 2.24) is 10.2 Å². The first-order valence-electron chi connectivity index (χ1n) is 6.88. The second kappa shape index (κ2) is 7.99. The van der Waals surface area contributed by atoms with Gasteiger partial charge in [-0.1, -0.05) is 6.92 Å². The molecule has 0 aromatic heterocycles. The number of hydrogen-bond donors (Lipinski definition) is 3. The first-order chi connectivity index (χ1) is 9.02. The molecule has 0 spiro atoms. The fourth-order valence-corrected chi connectivity index (χ4v) is 2.28. The van der Waals surface area contributed by atoms with Crippen LogP contribution < -0.4 is 5.32 Å². The molecule has 1 rings (SSSR count). The summed E-state index contributed by atoms with van der Waals surface area (Å²) in [6, 6.07) is -0.0809. The minimum absolute atomic E-state index is 0.0809. The monoisotopic (exact) mass is 272 g/mol. The maximum absolute atomic E-state index is 11.9. The van der Waals surface area contributed by atoms with Gasteiger partial charge in [-0.2, -0.15) is 0 Å². The second-order valence-electron chi connectivity index (χ2n) is 5.34. The third-order valence-electron chi connectivity index (χ3n) is 3.56. The van der Waals surface area contributed by atoms with Gasteiger partial charge in [-0.15, -0.1) is 0 Å². The molecule has 3 N–H and O–H groups in total. The van der Waals surface area contributed by atoms with E-state index in [0.29, 0.717) is 25.4 Å². The summed E-state index contributed by atoms with van der Waals surface area (Å²) in [4.78, 5) is 24.1. The van der Waals surface area contributed by atoms with Crippen LogP contribution in [0.1, 0.15) is 32.6 Å². The van der Waals surface area contributed by atoms with Gasteiger partial charge in [0.2, 0.25) is 0 Å². The van der Waals surface area contributed by atoms with Crippen LogP contribution in [0.5, 0.6) is 0 Å². The van der Waals surface area contributed by atoms with Crippen molar-refractivity contribution in [3.63, 3.8) is 0 Å². The molecule has 19 heavy (non-hydrogen) atoms. The van der Waals surface area contributed by atoms with E-state index in [0.717, 1.165) is 19.4 Å². The minimum atomic E-state index is -0.801. The fraction of sp³-hybridized carbons (Fsp3) is 0.846. The molecule has 0 saturated carbocycles. The third-order valence-corrected chi connectivity index (χ3v) is 3.56. The standard InChI is InChI=1S/C13H24N2O4/c1-10(2-3-12(17)18)8-14-13(19)15-6-4-11(9-15)5-7-16/h10-11,16H,2-9H2,1H3,(H,14,19)(H,17,18). The second-order valence-corrected chi connectivity index (χ2v) is 5.34. The van der Waals surface area contributed by atoms with Crippen molar-refractivity contribution >= 4 is 12.0 Å². The maximum Gasteiger partial charge on any atom is 0.317 e. The molecule has 0 aromatic carbocycles. The first-order valence-corrected chi connectivity index (χ1v) is 6.88. The van der Waals surface area contributed by atoms with E-state index in [1.165, 1.54) is 0 Å². The van der Waals surface area contributed by atoms with Crippen LogP contribution in [-0.4, -0.2) is 53.4 Å². The summed E-state index contributed by atoms with van der Waals surface area (Å²) in [5.74, 6) is -0.236. The number of amides is 2. The molecular formula is C13H24N2O4. The number of nitrogens with one attached hydrogen (secondary N) is 1. The Labute approximate surface area is 113 Å². The zero-order valence-corrected chi connectivity index (χ0v) is 11.5. The number of nitrogens with zero attached hydrogens (tertiary/aromatic N) is 1. The largest absolute Gasteiger partial charge is 0.481 e. The van der Waals surface area contributed by atoms with Gasteiger partial charge in [0.25, 0.3) is 0 Å². The van der Waals surface area contributed by atoms with Crippen LogP contribution >= 0.6 is 0 Å². The number of hydrogen-bond acceptors (Lipinski definition) is 3. The molecule has 0 aliphatic carbocycles. The van der Waals surface area contributed by atoms with Gasteiger partial charge >= 0.3 is 12.0 Å². The highest BCUT2D eigenvalue weighted by atomic mass is 16.4. The molecule has 2 amide bonds. The predicted octanol–water partition coefficient (Wildman–Crippen LogP) is 0.901. The Kier molecular flexibility index (Phi) is 6.62. The SMILES string of the molecule is CC(CCC(=O)O)CNC(=O)N1CCC(CCO)C1. The van der Waals surface area contributed by atoms with E-state index >= 15 is 0 Å². The highest BCUT2D eigenvalue weighted by Crippen LogP contribution is 2.19. The molecule has 0 aromatic rings. The summed E-state index contributed by atoms with van der Waals surface area (Å²) in [7, 11) is 0. The Balaban J connectivity index is 2.19. The van der Waals surface area contributed by atoms with Crippen LogP contribution in [0.3, 0.4) is 0 Å². The summed E-state index contributed by atoms with van der Waals surface area (Å²) in [5, 5.41) is 20.3. The van der Waals surface area contributed by atoms with Crippen molar-refractivity contribution in [3.8, 4) is 0 Å². The average molecular weight is 272 g/mol. The first kappa shape index (κ1) is 15.8. The number of likely N-dealkylation sites (tertiary alicyclic amines) is 1. The van der Waals surface area contributed by atoms with Crippen LogP contribution in [0.4, 0.5) is 4.79 Å². The Bertz CT molecular complexity index is 309. The maximum atomic E-state index is 11.9. The number of aliphatic hydroxyl groups excluding tert-OH is 1. The molecular weight excluding hydrogens is 248 g/mol. The van der Waals surface area contributed by atoms with Crippen molar-refractivity contribution in [2.75, 3.05) is 26.2 Å². The number of urea groups is 1. The quantitative estimate of drug-likeness (QED) is 0.642. The predicted molar refractivity (Wildman–Crippen MR) is 70.8 cm³/mol. The highest BCUT2D eigenvalue weighted by molar-refractivity contribution is 5.74. The third kappa shape index (κ3) is 5.92. The summed E-state index contributed by atoms with van der Waals surface area (Å²) >= 11 is 0. The normalized spacial score (nSPS) is 20.3. The fourth-order valence-electron chi connectivity index (χ4n) is 2.28. The Morgan fingerprint density at radius 3 is 2.84 bits per heavy atom. The molecule has 2 atom stereocenters. The van der Waals surface area contributed by atoms with Crippen molar-refractivity contribution < 1.29 is 19.8 Å². The van der Waals surface area contributed by atoms with E-state index in [2.05, 4.69) is 5.32 Å². The van der Waals surface area contributed by atoms with Gasteiger partial charge in [-0.05, 0) is 31.1 Å². The molecule has 110 valence electrons. The Morgan fingerprint density at radius 2 is 2.21 bits per heavy atom. The lowest BCUT2D eigenvalue weighted by atomic mass is 10.1. The van der Waals surface area contributed by atoms with E-state index in [4.69, 9.17) is 10.2 Å².